The molecule has 0 aliphatic carbocycles. The molecule has 0 aliphatic rings. The van der Waals surface area contributed by atoms with Crippen LogP contribution in [0, 0.1) is 11.6 Å². The first-order valence-corrected chi connectivity index (χ1v) is 4.17. The molecule has 0 saturated carbocycles. The van der Waals surface area contributed by atoms with Crippen LogP contribution in [-0.4, -0.2) is 13.2 Å². The number of hydrogen-bond acceptors (Lipinski definition) is 2. The lowest BCUT2D eigenvalue weighted by Crippen LogP contribution is -1.98. The molecule has 0 amide bonds. The number of hydrogen-bond donors (Lipinski definition) is 1. The number of rotatable bonds is 4. The monoisotopic (exact) mass is 199 g/mol. The fourth-order valence-corrected chi connectivity index (χ4v) is 0.890. The van der Waals surface area contributed by atoms with Crippen LogP contribution in [0.15, 0.2) is 30.4 Å². The molecule has 0 radical (unpaired) electrons. The Kier molecular flexibility index (Phi) is 4.07. The van der Waals surface area contributed by atoms with Crippen molar-refractivity contribution in [2.45, 2.75) is 0 Å². The van der Waals surface area contributed by atoms with Crippen LogP contribution in [0.1, 0.15) is 0 Å². The molecular weight excluding hydrogens is 188 g/mol. The molecule has 0 aromatic heterocycles. The highest BCUT2D eigenvalue weighted by atomic mass is 19.1. The van der Waals surface area contributed by atoms with Crippen LogP contribution in [-0.2, 0) is 0 Å². The third-order valence-corrected chi connectivity index (χ3v) is 1.53. The number of benzene rings is 1. The van der Waals surface area contributed by atoms with E-state index in [1.165, 1.54) is 0 Å². The van der Waals surface area contributed by atoms with Crippen LogP contribution in [0.3, 0.4) is 0 Å². The molecule has 0 spiro atoms. The van der Waals surface area contributed by atoms with E-state index < -0.39 is 11.6 Å². The van der Waals surface area contributed by atoms with Gasteiger partial charge in [-0.15, -0.1) is 0 Å². The van der Waals surface area contributed by atoms with Crippen molar-refractivity contribution >= 4 is 0 Å². The maximum absolute atomic E-state index is 12.9. The molecule has 0 saturated heterocycles. The van der Waals surface area contributed by atoms with Crippen LogP contribution >= 0.6 is 0 Å². The summed E-state index contributed by atoms with van der Waals surface area (Å²) in [6, 6.07) is 3.07. The molecule has 1 rings (SSSR count). The third kappa shape index (κ3) is 3.14. The molecule has 0 fully saturated rings. The van der Waals surface area contributed by atoms with Gasteiger partial charge in [0.2, 0.25) is 0 Å². The summed E-state index contributed by atoms with van der Waals surface area (Å²) < 4.78 is 30.5. The largest absolute Gasteiger partial charge is 0.486 e. The van der Waals surface area contributed by atoms with E-state index in [1.54, 1.807) is 12.2 Å². The lowest BCUT2D eigenvalue weighted by Gasteiger charge is -2.03. The van der Waals surface area contributed by atoms with Crippen molar-refractivity contribution in [3.05, 3.63) is 42.0 Å². The van der Waals surface area contributed by atoms with Gasteiger partial charge in [0.05, 0.1) is 0 Å². The Hall–Kier alpha value is -1.42. The lowest BCUT2D eigenvalue weighted by atomic mass is 10.3. The van der Waals surface area contributed by atoms with Crippen LogP contribution < -0.4 is 10.5 Å². The molecule has 0 bridgehead atoms. The molecule has 14 heavy (non-hydrogen) atoms. The second-order valence-corrected chi connectivity index (χ2v) is 2.59. The zero-order valence-corrected chi connectivity index (χ0v) is 7.54. The number of ether oxygens (including phenoxy) is 1. The molecular formula is C10H11F2NO. The molecule has 0 aliphatic heterocycles. The Morgan fingerprint density at radius 2 is 2.07 bits per heavy atom. The average molecular weight is 199 g/mol. The van der Waals surface area contributed by atoms with E-state index in [-0.39, 0.29) is 12.4 Å². The van der Waals surface area contributed by atoms with Crippen molar-refractivity contribution in [2.24, 2.45) is 5.73 Å². The van der Waals surface area contributed by atoms with E-state index >= 15 is 0 Å². The maximum atomic E-state index is 12.9. The van der Waals surface area contributed by atoms with Gasteiger partial charge in [-0.1, -0.05) is 12.2 Å². The van der Waals surface area contributed by atoms with Gasteiger partial charge in [0.15, 0.2) is 11.6 Å². The molecule has 76 valence electrons. The predicted octanol–water partition coefficient (Wildman–Crippen LogP) is 1.86. The molecule has 4 heteroatoms. The molecule has 1 aromatic carbocycles. The molecule has 0 heterocycles. The summed E-state index contributed by atoms with van der Waals surface area (Å²) in [5.74, 6) is -1.19. The Balaban J connectivity index is 2.57. The SMILES string of the molecule is NCC=CCOc1cc(F)ccc1F. The molecule has 0 atom stereocenters. The zero-order valence-electron chi connectivity index (χ0n) is 7.54. The first-order valence-electron chi connectivity index (χ1n) is 4.17. The lowest BCUT2D eigenvalue weighted by molar-refractivity contribution is 0.339. The summed E-state index contributed by atoms with van der Waals surface area (Å²) in [7, 11) is 0. The van der Waals surface area contributed by atoms with E-state index in [4.69, 9.17) is 10.5 Å². The van der Waals surface area contributed by atoms with E-state index in [1.807, 2.05) is 0 Å². The summed E-state index contributed by atoms with van der Waals surface area (Å²) >= 11 is 0. The van der Waals surface area contributed by atoms with Gasteiger partial charge in [-0.2, -0.15) is 0 Å². The van der Waals surface area contributed by atoms with Crippen molar-refractivity contribution < 1.29 is 13.5 Å². The highest BCUT2D eigenvalue weighted by molar-refractivity contribution is 5.25. The highest BCUT2D eigenvalue weighted by Gasteiger charge is 2.03. The Labute approximate surface area is 81.0 Å². The van der Waals surface area contributed by atoms with Gasteiger partial charge in [0.25, 0.3) is 0 Å². The van der Waals surface area contributed by atoms with Gasteiger partial charge < -0.3 is 10.5 Å². The first kappa shape index (κ1) is 10.7. The van der Waals surface area contributed by atoms with E-state index in [0.29, 0.717) is 6.54 Å². The van der Waals surface area contributed by atoms with Crippen LogP contribution in [0.4, 0.5) is 8.78 Å². The molecule has 1 aromatic rings. The number of halogens is 2. The minimum Gasteiger partial charge on any atom is -0.486 e. The van der Waals surface area contributed by atoms with Gasteiger partial charge in [0, 0.05) is 12.6 Å². The van der Waals surface area contributed by atoms with Crippen molar-refractivity contribution in [3.8, 4) is 5.75 Å². The Bertz CT molecular complexity index is 326. The first-order chi connectivity index (χ1) is 6.74. The van der Waals surface area contributed by atoms with Crippen LogP contribution in [0.5, 0.6) is 5.75 Å². The van der Waals surface area contributed by atoms with Crippen molar-refractivity contribution in [3.63, 3.8) is 0 Å². The molecule has 2 N–H and O–H groups in total. The minimum absolute atomic E-state index is 0.0910. The summed E-state index contributed by atoms with van der Waals surface area (Å²) in [6.45, 7) is 0.576. The van der Waals surface area contributed by atoms with Gasteiger partial charge in [-0.05, 0) is 12.1 Å². The standard InChI is InChI=1S/C10H11F2NO/c11-8-3-4-9(12)10(7-8)14-6-2-1-5-13/h1-4,7H,5-6,13H2. The second kappa shape index (κ2) is 5.34. The minimum atomic E-state index is -0.576. The summed E-state index contributed by atoms with van der Waals surface area (Å²) in [4.78, 5) is 0. The maximum Gasteiger partial charge on any atom is 0.165 e. The summed E-state index contributed by atoms with van der Waals surface area (Å²) in [5.41, 5.74) is 5.19. The van der Waals surface area contributed by atoms with E-state index in [9.17, 15) is 8.78 Å². The van der Waals surface area contributed by atoms with E-state index in [2.05, 4.69) is 0 Å². The smallest absolute Gasteiger partial charge is 0.165 e. The number of nitrogens with two attached hydrogens (primary N) is 1. The van der Waals surface area contributed by atoms with Crippen molar-refractivity contribution in [1.29, 1.82) is 0 Å². The normalized spacial score (nSPS) is 10.8. The van der Waals surface area contributed by atoms with Crippen molar-refractivity contribution in [2.75, 3.05) is 13.2 Å². The fraction of sp³-hybridized carbons (Fsp3) is 0.200. The Morgan fingerprint density at radius 3 is 2.79 bits per heavy atom. The molecule has 2 nitrogen and oxygen atoms in total. The highest BCUT2D eigenvalue weighted by Crippen LogP contribution is 2.17. The molecule has 0 unspecified atom stereocenters. The fourth-order valence-electron chi connectivity index (χ4n) is 0.890. The summed E-state index contributed by atoms with van der Waals surface area (Å²) in [5, 5.41) is 0. The summed E-state index contributed by atoms with van der Waals surface area (Å²) in [6.07, 6.45) is 3.32. The topological polar surface area (TPSA) is 35.2 Å². The predicted molar refractivity (Wildman–Crippen MR) is 50.0 cm³/mol. The van der Waals surface area contributed by atoms with Crippen molar-refractivity contribution in [1.82, 2.24) is 0 Å². The second-order valence-electron chi connectivity index (χ2n) is 2.59. The quantitative estimate of drug-likeness (QED) is 0.751. The zero-order chi connectivity index (χ0) is 10.4. The van der Waals surface area contributed by atoms with Gasteiger partial charge >= 0.3 is 0 Å². The van der Waals surface area contributed by atoms with E-state index in [0.717, 1.165) is 18.2 Å². The Morgan fingerprint density at radius 1 is 1.29 bits per heavy atom. The van der Waals surface area contributed by atoms with Crippen LogP contribution in [0.25, 0.3) is 0 Å². The average Bonchev–Trinajstić information content (AvgIpc) is 2.18. The third-order valence-electron chi connectivity index (χ3n) is 1.53. The van der Waals surface area contributed by atoms with Crippen LogP contribution in [0.2, 0.25) is 0 Å². The van der Waals surface area contributed by atoms with Gasteiger partial charge in [-0.3, -0.25) is 0 Å². The van der Waals surface area contributed by atoms with Gasteiger partial charge in [-0.25, -0.2) is 8.78 Å². The van der Waals surface area contributed by atoms with Gasteiger partial charge in [0.1, 0.15) is 12.4 Å².